The first-order valence-corrected chi connectivity index (χ1v) is 8.97. The molecule has 4 aromatic rings. The Kier molecular flexibility index (Phi) is 4.67. The van der Waals surface area contributed by atoms with Crippen LogP contribution in [0.3, 0.4) is 0 Å². The fourth-order valence-electron chi connectivity index (χ4n) is 3.25. The van der Waals surface area contributed by atoms with Crippen LogP contribution in [0.25, 0.3) is 22.2 Å². The van der Waals surface area contributed by atoms with Crippen molar-refractivity contribution in [3.8, 4) is 11.1 Å². The average Bonchev–Trinajstić information content (AvgIpc) is 2.71. The number of pyridine rings is 2. The van der Waals surface area contributed by atoms with Gasteiger partial charge in [-0.05, 0) is 41.0 Å². The molecular formula is C22H15ClN2O3. The highest BCUT2D eigenvalue weighted by molar-refractivity contribution is 6.30. The van der Waals surface area contributed by atoms with Gasteiger partial charge in [0.2, 0.25) is 5.43 Å². The van der Waals surface area contributed by atoms with Crippen molar-refractivity contribution in [2.24, 2.45) is 0 Å². The molecule has 0 unspecified atom stereocenters. The van der Waals surface area contributed by atoms with Gasteiger partial charge in [-0.1, -0.05) is 48.0 Å². The quantitative estimate of drug-likeness (QED) is 0.558. The first-order valence-electron chi connectivity index (χ1n) is 8.60. The summed E-state index contributed by atoms with van der Waals surface area (Å²) in [4.78, 5) is 28.1. The molecule has 0 aliphatic carbocycles. The maximum Gasteiger partial charge on any atom is 0.341 e. The van der Waals surface area contributed by atoms with Crippen LogP contribution >= 0.6 is 11.6 Å². The lowest BCUT2D eigenvalue weighted by atomic mass is 9.99. The van der Waals surface area contributed by atoms with Crippen LogP contribution < -0.4 is 5.43 Å². The number of carbonyl (C=O) groups is 1. The molecule has 6 heteroatoms. The number of nitrogens with zero attached hydrogens (tertiary/aromatic N) is 2. The smallest absolute Gasteiger partial charge is 0.341 e. The molecule has 0 atom stereocenters. The highest BCUT2D eigenvalue weighted by Crippen LogP contribution is 2.26. The minimum Gasteiger partial charge on any atom is -0.477 e. The van der Waals surface area contributed by atoms with E-state index in [1.165, 1.54) is 12.4 Å². The first-order chi connectivity index (χ1) is 13.5. The lowest BCUT2D eigenvalue weighted by Crippen LogP contribution is -2.20. The van der Waals surface area contributed by atoms with Crippen molar-refractivity contribution < 1.29 is 9.90 Å². The van der Waals surface area contributed by atoms with Gasteiger partial charge in [-0.25, -0.2) is 4.79 Å². The van der Waals surface area contributed by atoms with Crippen LogP contribution in [0.5, 0.6) is 0 Å². The standard InChI is InChI=1S/C22H15ClN2O3/c23-16-9-7-14(8-10-16)17-5-2-1-4-15(17)12-25-13-18(22(27)28)21(26)20-19(25)6-3-11-24-20/h1-11,13H,12H2,(H,27,28). The van der Waals surface area contributed by atoms with Crippen molar-refractivity contribution in [1.82, 2.24) is 9.55 Å². The maximum atomic E-state index is 12.4. The van der Waals surface area contributed by atoms with Crippen LogP contribution in [0.4, 0.5) is 0 Å². The van der Waals surface area contributed by atoms with E-state index in [0.29, 0.717) is 17.1 Å². The number of fused-ring (bicyclic) bond motifs is 1. The predicted molar refractivity (Wildman–Crippen MR) is 109 cm³/mol. The Hall–Kier alpha value is -3.44. The number of halogens is 1. The van der Waals surface area contributed by atoms with Gasteiger partial charge in [-0.2, -0.15) is 0 Å². The summed E-state index contributed by atoms with van der Waals surface area (Å²) < 4.78 is 1.75. The summed E-state index contributed by atoms with van der Waals surface area (Å²) in [6.07, 6.45) is 2.87. The largest absolute Gasteiger partial charge is 0.477 e. The molecule has 0 radical (unpaired) electrons. The lowest BCUT2D eigenvalue weighted by molar-refractivity contribution is 0.0695. The van der Waals surface area contributed by atoms with Crippen LogP contribution in [-0.2, 0) is 6.54 Å². The molecule has 0 amide bonds. The summed E-state index contributed by atoms with van der Waals surface area (Å²) in [5, 5.41) is 10.1. The summed E-state index contributed by atoms with van der Waals surface area (Å²) in [6.45, 7) is 0.390. The third-order valence-electron chi connectivity index (χ3n) is 4.58. The van der Waals surface area contributed by atoms with Gasteiger partial charge in [0.15, 0.2) is 0 Å². The third kappa shape index (κ3) is 3.28. The number of carboxylic acids is 1. The molecule has 2 aromatic carbocycles. The van der Waals surface area contributed by atoms with Gasteiger partial charge in [0.25, 0.3) is 0 Å². The van der Waals surface area contributed by atoms with Crippen LogP contribution in [0.1, 0.15) is 15.9 Å². The monoisotopic (exact) mass is 390 g/mol. The molecule has 0 aliphatic heterocycles. The Labute approximate surface area is 165 Å². The van der Waals surface area contributed by atoms with Crippen LogP contribution in [0.15, 0.2) is 77.9 Å². The number of rotatable bonds is 4. The number of benzene rings is 2. The Balaban J connectivity index is 1.88. The second kappa shape index (κ2) is 7.29. The van der Waals surface area contributed by atoms with E-state index in [4.69, 9.17) is 11.6 Å². The Bertz CT molecular complexity index is 1250. The van der Waals surface area contributed by atoms with Crippen molar-refractivity contribution in [1.29, 1.82) is 0 Å². The zero-order chi connectivity index (χ0) is 19.7. The predicted octanol–water partition coefficient (Wildman–Crippen LogP) is 4.46. The van der Waals surface area contributed by atoms with E-state index in [2.05, 4.69) is 4.98 Å². The molecule has 2 heterocycles. The summed E-state index contributed by atoms with van der Waals surface area (Å²) in [5.74, 6) is -1.27. The second-order valence-corrected chi connectivity index (χ2v) is 6.78. The van der Waals surface area contributed by atoms with Crippen LogP contribution in [0.2, 0.25) is 5.02 Å². The van der Waals surface area contributed by atoms with Gasteiger partial charge in [0.05, 0.1) is 5.52 Å². The van der Waals surface area contributed by atoms with Crippen molar-refractivity contribution in [2.75, 3.05) is 0 Å². The average molecular weight is 391 g/mol. The van der Waals surface area contributed by atoms with Crippen molar-refractivity contribution in [3.05, 3.63) is 99.4 Å². The Morgan fingerprint density at radius 2 is 1.79 bits per heavy atom. The summed E-state index contributed by atoms with van der Waals surface area (Å²) in [5.41, 5.74) is 2.85. The second-order valence-electron chi connectivity index (χ2n) is 6.34. The van der Waals surface area contributed by atoms with E-state index in [1.54, 1.807) is 16.7 Å². The van der Waals surface area contributed by atoms with Crippen LogP contribution in [-0.4, -0.2) is 20.6 Å². The molecule has 4 rings (SSSR count). The van der Waals surface area contributed by atoms with E-state index in [0.717, 1.165) is 16.7 Å². The molecule has 0 spiro atoms. The number of aromatic carboxylic acids is 1. The van der Waals surface area contributed by atoms with Gasteiger partial charge >= 0.3 is 5.97 Å². The summed E-state index contributed by atoms with van der Waals surface area (Å²) in [6, 6.07) is 18.9. The number of hydrogen-bond acceptors (Lipinski definition) is 3. The van der Waals surface area contributed by atoms with E-state index in [-0.39, 0.29) is 11.1 Å². The minimum absolute atomic E-state index is 0.145. The summed E-state index contributed by atoms with van der Waals surface area (Å²) >= 11 is 6.00. The first kappa shape index (κ1) is 17.9. The normalized spacial score (nSPS) is 10.9. The van der Waals surface area contributed by atoms with Crippen LogP contribution in [0, 0.1) is 0 Å². The molecule has 28 heavy (non-hydrogen) atoms. The molecule has 1 N–H and O–H groups in total. The number of hydrogen-bond donors (Lipinski definition) is 1. The lowest BCUT2D eigenvalue weighted by Gasteiger charge is -2.15. The van der Waals surface area contributed by atoms with E-state index < -0.39 is 11.4 Å². The Morgan fingerprint density at radius 3 is 2.54 bits per heavy atom. The maximum absolute atomic E-state index is 12.4. The number of aromatic nitrogens is 2. The fraction of sp³-hybridized carbons (Fsp3) is 0.0455. The van der Waals surface area contributed by atoms with Gasteiger partial charge in [-0.15, -0.1) is 0 Å². The number of carboxylic acid groups (broad SMARTS) is 1. The van der Waals surface area contributed by atoms with Gasteiger partial charge in [0.1, 0.15) is 11.1 Å². The molecular weight excluding hydrogens is 376 g/mol. The fourth-order valence-corrected chi connectivity index (χ4v) is 3.38. The molecule has 138 valence electrons. The topological polar surface area (TPSA) is 72.2 Å². The Morgan fingerprint density at radius 1 is 1.04 bits per heavy atom. The van der Waals surface area contributed by atoms with E-state index in [1.807, 2.05) is 48.5 Å². The molecule has 0 saturated heterocycles. The van der Waals surface area contributed by atoms with Gasteiger partial charge in [0, 0.05) is 24.0 Å². The van der Waals surface area contributed by atoms with E-state index in [9.17, 15) is 14.7 Å². The van der Waals surface area contributed by atoms with Crippen molar-refractivity contribution in [3.63, 3.8) is 0 Å². The molecule has 0 saturated carbocycles. The van der Waals surface area contributed by atoms with Gasteiger partial charge in [-0.3, -0.25) is 9.78 Å². The SMILES string of the molecule is O=C(O)c1cn(Cc2ccccc2-c2ccc(Cl)cc2)c2cccnc2c1=O. The molecule has 0 bridgehead atoms. The molecule has 5 nitrogen and oxygen atoms in total. The minimum atomic E-state index is -1.27. The third-order valence-corrected chi connectivity index (χ3v) is 4.84. The summed E-state index contributed by atoms with van der Waals surface area (Å²) in [7, 11) is 0. The highest BCUT2D eigenvalue weighted by Gasteiger charge is 2.16. The molecule has 0 fully saturated rings. The zero-order valence-electron chi connectivity index (χ0n) is 14.7. The molecule has 0 aliphatic rings. The highest BCUT2D eigenvalue weighted by atomic mass is 35.5. The van der Waals surface area contributed by atoms with Gasteiger partial charge < -0.3 is 9.67 Å². The van der Waals surface area contributed by atoms with Crippen molar-refractivity contribution in [2.45, 2.75) is 6.54 Å². The zero-order valence-corrected chi connectivity index (χ0v) is 15.4. The molecule has 2 aromatic heterocycles. The van der Waals surface area contributed by atoms with Crippen molar-refractivity contribution >= 4 is 28.6 Å². The van der Waals surface area contributed by atoms with E-state index >= 15 is 0 Å².